The summed E-state index contributed by atoms with van der Waals surface area (Å²) in [5, 5.41) is 8.17. The number of likely N-dealkylation sites (N-methyl/N-ethyl adjacent to an activating group) is 1. The van der Waals surface area contributed by atoms with E-state index in [9.17, 15) is 8.42 Å². The zero-order chi connectivity index (χ0) is 20.9. The lowest BCUT2D eigenvalue weighted by Gasteiger charge is -2.11. The van der Waals surface area contributed by atoms with Gasteiger partial charge in [0, 0.05) is 24.0 Å². The van der Waals surface area contributed by atoms with Crippen LogP contribution in [-0.4, -0.2) is 50.5 Å². The van der Waals surface area contributed by atoms with Gasteiger partial charge in [-0.3, -0.25) is 0 Å². The van der Waals surface area contributed by atoms with Gasteiger partial charge in [0.05, 0.1) is 10.6 Å². The Kier molecular flexibility index (Phi) is 6.42. The van der Waals surface area contributed by atoms with E-state index in [0.717, 1.165) is 23.6 Å². The number of benzene rings is 2. The van der Waals surface area contributed by atoms with Crippen molar-refractivity contribution in [2.75, 3.05) is 32.6 Å². The van der Waals surface area contributed by atoms with Gasteiger partial charge < -0.3 is 15.0 Å². The lowest BCUT2D eigenvalue weighted by atomic mass is 10.1. The van der Waals surface area contributed by atoms with E-state index in [4.69, 9.17) is 9.88 Å². The van der Waals surface area contributed by atoms with Gasteiger partial charge in [0.2, 0.25) is 16.0 Å². The summed E-state index contributed by atoms with van der Waals surface area (Å²) in [4.78, 5) is 10.8. The van der Waals surface area contributed by atoms with Gasteiger partial charge in [-0.15, -0.1) is 0 Å². The van der Waals surface area contributed by atoms with Gasteiger partial charge >= 0.3 is 0 Å². The summed E-state index contributed by atoms with van der Waals surface area (Å²) < 4.78 is 28.4. The molecule has 0 saturated heterocycles. The van der Waals surface area contributed by atoms with Crippen LogP contribution in [0.15, 0.2) is 65.7 Å². The number of nitrogens with zero attached hydrogens (tertiary/aromatic N) is 3. The zero-order valence-electron chi connectivity index (χ0n) is 16.2. The van der Waals surface area contributed by atoms with Crippen molar-refractivity contribution < 1.29 is 13.2 Å². The largest absolute Gasteiger partial charge is 0.492 e. The third kappa shape index (κ3) is 5.98. The monoisotopic (exact) mass is 413 g/mol. The number of nitrogens with two attached hydrogens (primary N) is 1. The number of rotatable bonds is 8. The van der Waals surface area contributed by atoms with Gasteiger partial charge in [-0.05, 0) is 68.7 Å². The summed E-state index contributed by atoms with van der Waals surface area (Å²) in [6.45, 7) is 1.47. The first-order chi connectivity index (χ1) is 13.8. The van der Waals surface area contributed by atoms with E-state index in [1.807, 2.05) is 44.4 Å². The Balaban J connectivity index is 1.69. The highest BCUT2D eigenvalue weighted by Crippen LogP contribution is 2.22. The Morgan fingerprint density at radius 1 is 1.03 bits per heavy atom. The number of primary sulfonamides is 1. The van der Waals surface area contributed by atoms with Crippen molar-refractivity contribution >= 4 is 21.7 Å². The standard InChI is InChI=1S/C20H23N5O3S/c1-25(2)13-14-28-17-7-3-15(4-8-17)19-11-12-22-20(24-19)23-16-5-9-18(10-6-16)29(21,26)27/h3-12H,13-14H2,1-2H3,(H2,21,26,27)(H,22,23,24). The van der Waals surface area contributed by atoms with Crippen molar-refractivity contribution in [1.82, 2.24) is 14.9 Å². The van der Waals surface area contributed by atoms with E-state index in [1.54, 1.807) is 18.3 Å². The highest BCUT2D eigenvalue weighted by Gasteiger charge is 2.08. The van der Waals surface area contributed by atoms with Crippen LogP contribution >= 0.6 is 0 Å². The normalized spacial score (nSPS) is 11.4. The van der Waals surface area contributed by atoms with Gasteiger partial charge in [0.1, 0.15) is 12.4 Å². The van der Waals surface area contributed by atoms with Gasteiger partial charge in [-0.2, -0.15) is 0 Å². The van der Waals surface area contributed by atoms with Gasteiger partial charge in [-0.1, -0.05) is 0 Å². The van der Waals surface area contributed by atoms with E-state index in [2.05, 4.69) is 20.2 Å². The Morgan fingerprint density at radius 2 is 1.72 bits per heavy atom. The number of hydrogen-bond donors (Lipinski definition) is 2. The molecule has 3 rings (SSSR count). The number of aromatic nitrogens is 2. The van der Waals surface area contributed by atoms with Gasteiger partial charge in [0.15, 0.2) is 0 Å². The molecule has 0 atom stereocenters. The van der Waals surface area contributed by atoms with E-state index in [-0.39, 0.29) is 4.90 Å². The number of hydrogen-bond acceptors (Lipinski definition) is 7. The van der Waals surface area contributed by atoms with Crippen LogP contribution in [-0.2, 0) is 10.0 Å². The van der Waals surface area contributed by atoms with Crippen LogP contribution in [0.5, 0.6) is 5.75 Å². The first kappa shape index (κ1) is 20.7. The molecule has 0 radical (unpaired) electrons. The van der Waals surface area contributed by atoms with Crippen LogP contribution < -0.4 is 15.2 Å². The molecule has 0 spiro atoms. The molecule has 9 heteroatoms. The molecule has 0 fully saturated rings. The van der Waals surface area contributed by atoms with Gasteiger partial charge in [-0.25, -0.2) is 23.5 Å². The van der Waals surface area contributed by atoms with Crippen molar-refractivity contribution in [3.8, 4) is 17.0 Å². The van der Waals surface area contributed by atoms with Crippen molar-refractivity contribution in [3.63, 3.8) is 0 Å². The van der Waals surface area contributed by atoms with E-state index >= 15 is 0 Å². The average Bonchev–Trinajstić information content (AvgIpc) is 2.68. The minimum atomic E-state index is -3.72. The third-order valence-electron chi connectivity index (χ3n) is 4.05. The topological polar surface area (TPSA) is 110 Å². The highest BCUT2D eigenvalue weighted by molar-refractivity contribution is 7.89. The van der Waals surface area contributed by atoms with E-state index in [1.165, 1.54) is 12.1 Å². The molecule has 3 aromatic rings. The predicted octanol–water partition coefficient (Wildman–Crippen LogP) is 2.48. The van der Waals surface area contributed by atoms with Crippen molar-refractivity contribution in [2.24, 2.45) is 5.14 Å². The number of anilines is 2. The Bertz CT molecular complexity index is 1050. The van der Waals surface area contributed by atoms with Crippen LogP contribution in [0.4, 0.5) is 11.6 Å². The second-order valence-electron chi connectivity index (χ2n) is 6.64. The molecule has 0 aliphatic carbocycles. The maximum absolute atomic E-state index is 11.3. The molecule has 1 heterocycles. The maximum Gasteiger partial charge on any atom is 0.238 e. The Labute approximate surface area is 170 Å². The SMILES string of the molecule is CN(C)CCOc1ccc(-c2ccnc(Nc3ccc(S(N)(=O)=O)cc3)n2)cc1. The summed E-state index contributed by atoms with van der Waals surface area (Å²) in [6, 6.07) is 15.6. The lowest BCUT2D eigenvalue weighted by molar-refractivity contribution is 0.261. The predicted molar refractivity (Wildman–Crippen MR) is 113 cm³/mol. The summed E-state index contributed by atoms with van der Waals surface area (Å²) in [6.07, 6.45) is 1.66. The molecule has 0 bridgehead atoms. The van der Waals surface area contributed by atoms with Crippen LogP contribution in [0, 0.1) is 0 Å². The van der Waals surface area contributed by atoms with E-state index in [0.29, 0.717) is 18.2 Å². The second kappa shape index (κ2) is 8.99. The molecule has 0 unspecified atom stereocenters. The van der Waals surface area contributed by atoms with Crippen molar-refractivity contribution in [2.45, 2.75) is 4.90 Å². The van der Waals surface area contributed by atoms with E-state index < -0.39 is 10.0 Å². The van der Waals surface area contributed by atoms with Crippen LogP contribution in [0.1, 0.15) is 0 Å². The fraction of sp³-hybridized carbons (Fsp3) is 0.200. The summed E-state index contributed by atoms with van der Waals surface area (Å²) >= 11 is 0. The molecule has 2 aromatic carbocycles. The minimum absolute atomic E-state index is 0.0469. The molecule has 0 saturated carbocycles. The van der Waals surface area contributed by atoms with Crippen LogP contribution in [0.2, 0.25) is 0 Å². The van der Waals surface area contributed by atoms with Gasteiger partial charge in [0.25, 0.3) is 0 Å². The first-order valence-electron chi connectivity index (χ1n) is 8.92. The van der Waals surface area contributed by atoms with Crippen molar-refractivity contribution in [1.29, 1.82) is 0 Å². The third-order valence-corrected chi connectivity index (χ3v) is 4.98. The molecule has 152 valence electrons. The Morgan fingerprint density at radius 3 is 2.34 bits per heavy atom. The second-order valence-corrected chi connectivity index (χ2v) is 8.20. The molecule has 0 aliphatic rings. The lowest BCUT2D eigenvalue weighted by Crippen LogP contribution is -2.19. The summed E-state index contributed by atoms with van der Waals surface area (Å²) in [5.74, 6) is 1.20. The van der Waals surface area contributed by atoms with Crippen LogP contribution in [0.3, 0.4) is 0 Å². The molecular formula is C20H23N5O3S. The van der Waals surface area contributed by atoms with Crippen molar-refractivity contribution in [3.05, 3.63) is 60.8 Å². The number of sulfonamides is 1. The molecule has 8 nitrogen and oxygen atoms in total. The molecule has 0 aliphatic heterocycles. The first-order valence-corrected chi connectivity index (χ1v) is 10.5. The molecular weight excluding hydrogens is 390 g/mol. The zero-order valence-corrected chi connectivity index (χ0v) is 17.1. The fourth-order valence-electron chi connectivity index (χ4n) is 2.50. The molecule has 29 heavy (non-hydrogen) atoms. The Hall–Kier alpha value is -3.01. The fourth-order valence-corrected chi connectivity index (χ4v) is 3.02. The maximum atomic E-state index is 11.3. The minimum Gasteiger partial charge on any atom is -0.492 e. The number of nitrogens with one attached hydrogen (secondary N) is 1. The molecule has 1 aromatic heterocycles. The molecule has 3 N–H and O–H groups in total. The quantitative estimate of drug-likeness (QED) is 0.584. The molecule has 0 amide bonds. The smallest absolute Gasteiger partial charge is 0.238 e. The summed E-state index contributed by atoms with van der Waals surface area (Å²) in [7, 11) is 0.283. The average molecular weight is 414 g/mol. The number of ether oxygens (including phenoxy) is 1. The van der Waals surface area contributed by atoms with Crippen LogP contribution in [0.25, 0.3) is 11.3 Å². The summed E-state index contributed by atoms with van der Waals surface area (Å²) in [5.41, 5.74) is 2.34. The highest BCUT2D eigenvalue weighted by atomic mass is 32.2.